The van der Waals surface area contributed by atoms with Crippen LogP contribution in [0.1, 0.15) is 139 Å². The van der Waals surface area contributed by atoms with E-state index < -0.39 is 11.8 Å². The molecule has 0 atom stereocenters. The van der Waals surface area contributed by atoms with Crippen LogP contribution in [0.3, 0.4) is 0 Å². The minimum absolute atomic E-state index is 0.00634. The first kappa shape index (κ1) is 113. The number of rotatable bonds is 30. The highest BCUT2D eigenvalue weighted by atomic mass is 127. The minimum Gasteiger partial charge on any atom is -0.487 e. The number of carbonyl (C=O) groups excluding carboxylic acids is 6. The van der Waals surface area contributed by atoms with Crippen molar-refractivity contribution in [1.82, 2.24) is 0 Å². The third kappa shape index (κ3) is 35.4. The Morgan fingerprint density at radius 2 is 0.482 bits per heavy atom. The van der Waals surface area contributed by atoms with E-state index in [-0.39, 0.29) is 81.6 Å². The van der Waals surface area contributed by atoms with E-state index in [2.05, 4.69) is 43.3 Å². The van der Waals surface area contributed by atoms with Crippen LogP contribution in [0.5, 0.6) is 34.5 Å². The number of hydrogen-bond donors (Lipinski definition) is 0. The third-order valence-corrected chi connectivity index (χ3v) is 26.3. The fraction of sp³-hybridized carbons (Fsp3) is 0.284. The van der Waals surface area contributed by atoms with Crippen LogP contribution in [-0.2, 0) is 135 Å². The van der Waals surface area contributed by atoms with Crippen molar-refractivity contribution in [3.8, 4) is 34.5 Å². The summed E-state index contributed by atoms with van der Waals surface area (Å²) in [5.41, 5.74) is 24.2. The number of halogens is 10. The van der Waals surface area contributed by atoms with Gasteiger partial charge in [0, 0.05) is 35.3 Å². The Morgan fingerprint density at radius 1 is 0.248 bits per heavy atom. The van der Waals surface area contributed by atoms with Crippen LogP contribution in [0.4, 0.5) is 4.39 Å². The van der Waals surface area contributed by atoms with E-state index in [4.69, 9.17) is 133 Å². The van der Waals surface area contributed by atoms with E-state index in [0.29, 0.717) is 107 Å². The zero-order valence-electron chi connectivity index (χ0n) is 80.0. The van der Waals surface area contributed by atoms with E-state index in [1.807, 2.05) is 248 Å². The maximum atomic E-state index is 14.1. The number of hydrogen-bond acceptors (Lipinski definition) is 18. The maximum Gasteiger partial charge on any atom is 0.309 e. The predicted molar refractivity (Wildman–Crippen MR) is 555 cm³/mol. The summed E-state index contributed by atoms with van der Waals surface area (Å²) in [6.07, 6.45) is 1.04. The first-order chi connectivity index (χ1) is 65.1. The lowest BCUT2D eigenvalue weighted by atomic mass is 10.00. The van der Waals surface area contributed by atoms with Crippen LogP contribution in [0.15, 0.2) is 193 Å². The molecule has 0 unspecified atom stereocenters. The van der Waals surface area contributed by atoms with E-state index in [0.717, 1.165) is 136 Å². The molecule has 0 spiro atoms. The van der Waals surface area contributed by atoms with Gasteiger partial charge >= 0.3 is 35.8 Å². The SMILES string of the molecule is COC(=O)Cc1cccc(Br)c1COc1cc(C)c(C)cc1Cl.COC(=O)Cc1cccc(C)c1COc1cc(C)c(C)cc1Cl.COC(=O)Cc1cccc(Cl)c1COc1cc(C)c(C)cc1Cl.COC(=O)Cc1cccc(F)c1COc1cc(C)c(C)cc1Cl.COC(=O)Cc1cccc(I)c1COc1cc(C)c(C)cc1Cl.COC(=O)Cc1ccccc1COc1cc(C)c(C)cc1Cl. The summed E-state index contributed by atoms with van der Waals surface area (Å²) < 4.78 is 79.4. The average Bonchev–Trinajstić information content (AvgIpc) is 0.837. The number of esters is 6. The van der Waals surface area contributed by atoms with Gasteiger partial charge in [0.2, 0.25) is 0 Å². The second kappa shape index (κ2) is 56.5. The molecule has 28 heteroatoms. The second-order valence-electron chi connectivity index (χ2n) is 31.9. The summed E-state index contributed by atoms with van der Waals surface area (Å²) in [7, 11) is 8.20. The fourth-order valence-corrected chi connectivity index (χ4v) is 16.3. The molecule has 12 aromatic rings. The summed E-state index contributed by atoms with van der Waals surface area (Å²) in [4.78, 5) is 69.1. The summed E-state index contributed by atoms with van der Waals surface area (Å²) in [6, 6.07) is 57.7. The summed E-state index contributed by atoms with van der Waals surface area (Å²) in [5.74, 6) is 1.42. The van der Waals surface area contributed by atoms with Crippen LogP contribution in [-0.4, -0.2) is 78.5 Å². The van der Waals surface area contributed by atoms with E-state index in [9.17, 15) is 33.2 Å². The molecule has 726 valence electrons. The van der Waals surface area contributed by atoms with Gasteiger partial charge in [-0.15, -0.1) is 0 Å². The Morgan fingerprint density at radius 3 is 0.832 bits per heavy atom. The molecule has 12 aromatic carbocycles. The summed E-state index contributed by atoms with van der Waals surface area (Å²) >= 11 is 49.4. The highest BCUT2D eigenvalue weighted by molar-refractivity contribution is 14.1. The van der Waals surface area contributed by atoms with Gasteiger partial charge in [0.05, 0.1) is 111 Å². The van der Waals surface area contributed by atoms with Crippen molar-refractivity contribution in [2.24, 2.45) is 0 Å². The number of methoxy groups -OCH3 is 6. The monoisotopic (exact) mass is 2180 g/mol. The van der Waals surface area contributed by atoms with Gasteiger partial charge in [-0.1, -0.05) is 188 Å². The van der Waals surface area contributed by atoms with Crippen molar-refractivity contribution in [3.63, 3.8) is 0 Å². The van der Waals surface area contributed by atoms with Crippen LogP contribution in [0, 0.1) is 99.4 Å². The van der Waals surface area contributed by atoms with Crippen molar-refractivity contribution in [2.75, 3.05) is 42.7 Å². The highest BCUT2D eigenvalue weighted by Crippen LogP contribution is 2.38. The Labute approximate surface area is 859 Å². The average molecular weight is 2180 g/mol. The van der Waals surface area contributed by atoms with Crippen molar-refractivity contribution in [3.05, 3.63) is 376 Å². The Hall–Kier alpha value is -10.6. The van der Waals surface area contributed by atoms with Crippen LogP contribution < -0.4 is 28.4 Å². The Kier molecular flexibility index (Phi) is 46.8. The molecule has 0 bridgehead atoms. The zero-order valence-corrected chi connectivity index (χ0v) is 89.0. The van der Waals surface area contributed by atoms with Crippen molar-refractivity contribution in [2.45, 2.75) is 168 Å². The molecule has 0 saturated heterocycles. The molecular formula is C109H112BrCl7FIO18. The molecule has 12 rings (SSSR count). The number of benzene rings is 12. The molecule has 0 amide bonds. The van der Waals surface area contributed by atoms with Crippen molar-refractivity contribution in [1.29, 1.82) is 0 Å². The topological polar surface area (TPSA) is 213 Å². The Balaban J connectivity index is 0.000000224. The molecule has 0 aliphatic carbocycles. The molecule has 0 radical (unpaired) electrons. The first-order valence-electron chi connectivity index (χ1n) is 43.1. The molecule has 0 heterocycles. The van der Waals surface area contributed by atoms with Crippen LogP contribution in [0.25, 0.3) is 0 Å². The van der Waals surface area contributed by atoms with E-state index >= 15 is 0 Å². The second-order valence-corrected chi connectivity index (χ2v) is 36.8. The summed E-state index contributed by atoms with van der Waals surface area (Å²) in [5, 5.41) is 3.92. The highest BCUT2D eigenvalue weighted by Gasteiger charge is 2.22. The normalized spacial score (nSPS) is 10.5. The van der Waals surface area contributed by atoms with E-state index in [1.165, 1.54) is 48.7 Å². The lowest BCUT2D eigenvalue weighted by molar-refractivity contribution is -0.140. The molecule has 0 N–H and O–H groups in total. The van der Waals surface area contributed by atoms with E-state index in [1.54, 1.807) is 24.3 Å². The van der Waals surface area contributed by atoms with Gasteiger partial charge in [-0.2, -0.15) is 0 Å². The van der Waals surface area contributed by atoms with Crippen molar-refractivity contribution >= 4 is 156 Å². The molecule has 0 aliphatic heterocycles. The number of aryl methyl sites for hydroxylation is 13. The largest absolute Gasteiger partial charge is 0.487 e. The van der Waals surface area contributed by atoms with Gasteiger partial charge in [0.25, 0.3) is 0 Å². The molecule has 0 aliphatic rings. The number of ether oxygens (including phenoxy) is 12. The van der Waals surface area contributed by atoms with Gasteiger partial charge in [0.15, 0.2) is 0 Å². The molecule has 0 saturated carbocycles. The van der Waals surface area contributed by atoms with Gasteiger partial charge in [0.1, 0.15) is 80.0 Å². The maximum absolute atomic E-state index is 14.1. The standard InChI is InChI=1S/C19H21ClO3.C18H18BrClO3.C18H18Cl2O3.C18H18ClFO3.C18H18ClIO3.C18H19ClO3/c1-12-6-5-7-15(10-19(21)22-4)16(12)11-23-18-9-14(3)13(2)8-17(18)20;2*1-11-7-16(20)17(8-12(11)2)23-10-14-13(9-18(21)22-3)5-4-6-15(14)19;2*1-11-7-15(19)17(8-12(11)2)23-10-14-13(9-18(21)22-3)5-4-6-16(14)20;1-12-8-16(19)17(9-13(12)2)22-11-15-7-5-4-6-14(15)10-18(20)21-3/h5-9H,10-11H2,1-4H3;4*4-8H,9-10H2,1-3H3;4-9H,10-11H2,1-3H3. The zero-order chi connectivity index (χ0) is 101. The fourth-order valence-electron chi connectivity index (χ4n) is 13.2. The number of carbonyl (C=O) groups is 6. The smallest absolute Gasteiger partial charge is 0.309 e. The molecule has 18 nitrogen and oxygen atoms in total. The van der Waals surface area contributed by atoms with Gasteiger partial charge in [-0.05, 0) is 326 Å². The van der Waals surface area contributed by atoms with Crippen molar-refractivity contribution < 1.29 is 90.0 Å². The molecule has 137 heavy (non-hydrogen) atoms. The minimum atomic E-state index is -0.430. The Bertz CT molecular complexity index is 5520. The quantitative estimate of drug-likeness (QED) is 0.0232. The summed E-state index contributed by atoms with van der Waals surface area (Å²) in [6.45, 7) is 27.6. The van der Waals surface area contributed by atoms with Gasteiger partial charge in [-0.25, -0.2) is 4.39 Å². The third-order valence-electron chi connectivity index (χ3n) is 22.4. The molecule has 0 aromatic heterocycles. The molecule has 0 fully saturated rings. The van der Waals surface area contributed by atoms with Crippen LogP contribution in [0.2, 0.25) is 35.2 Å². The van der Waals surface area contributed by atoms with Gasteiger partial charge < -0.3 is 56.8 Å². The lowest BCUT2D eigenvalue weighted by Gasteiger charge is -2.15. The predicted octanol–water partition coefficient (Wildman–Crippen LogP) is 28.0. The first-order valence-corrected chi connectivity index (χ1v) is 47.6. The van der Waals surface area contributed by atoms with Crippen LogP contribution >= 0.6 is 120 Å². The lowest BCUT2D eigenvalue weighted by Crippen LogP contribution is -2.10. The molecular weight excluding hydrogens is 2070 g/mol. The van der Waals surface area contributed by atoms with Gasteiger partial charge in [-0.3, -0.25) is 28.8 Å².